The molecule has 3 heteroatoms. The normalized spacial score (nSPS) is 12.8. The Morgan fingerprint density at radius 1 is 1.25 bits per heavy atom. The summed E-state index contributed by atoms with van der Waals surface area (Å²) in [7, 11) is 3.82. The minimum atomic E-state index is -0.882. The lowest BCUT2D eigenvalue weighted by Gasteiger charge is -2.24. The smallest absolute Gasteiger partial charge is 0.332 e. The van der Waals surface area contributed by atoms with Crippen molar-refractivity contribution >= 4 is 5.97 Å². The lowest BCUT2D eigenvalue weighted by Crippen LogP contribution is -2.32. The number of aliphatic carboxylic acids is 1. The van der Waals surface area contributed by atoms with Gasteiger partial charge in [-0.2, -0.15) is 0 Å². The molecular formula is C13H25NO2. The molecule has 0 fully saturated rings. The molecular weight excluding hydrogens is 202 g/mol. The van der Waals surface area contributed by atoms with Gasteiger partial charge in [0.25, 0.3) is 0 Å². The van der Waals surface area contributed by atoms with Gasteiger partial charge in [0.1, 0.15) is 0 Å². The number of hydrogen-bond donors (Lipinski definition) is 1. The second-order valence-corrected chi connectivity index (χ2v) is 4.51. The van der Waals surface area contributed by atoms with E-state index >= 15 is 0 Å². The molecule has 0 bridgehead atoms. The van der Waals surface area contributed by atoms with Gasteiger partial charge in [-0.25, -0.2) is 4.79 Å². The maximum atomic E-state index is 10.9. The van der Waals surface area contributed by atoms with Crippen LogP contribution in [0, 0.1) is 0 Å². The van der Waals surface area contributed by atoms with Crippen molar-refractivity contribution in [3.05, 3.63) is 12.2 Å². The number of carbonyl (C=O) groups is 1. The van der Waals surface area contributed by atoms with Gasteiger partial charge in [0.15, 0.2) is 0 Å². The zero-order valence-electron chi connectivity index (χ0n) is 10.8. The molecule has 0 aromatic rings. The largest absolute Gasteiger partial charge is 0.478 e. The Balaban J connectivity index is 3.96. The van der Waals surface area contributed by atoms with Gasteiger partial charge < -0.3 is 10.0 Å². The molecule has 0 saturated carbocycles. The van der Waals surface area contributed by atoms with E-state index in [4.69, 9.17) is 5.11 Å². The Morgan fingerprint density at radius 3 is 2.25 bits per heavy atom. The van der Waals surface area contributed by atoms with E-state index in [0.29, 0.717) is 5.57 Å². The first-order valence-corrected chi connectivity index (χ1v) is 6.09. The number of unbranched alkanes of at least 4 members (excludes halogenated alkanes) is 4. The van der Waals surface area contributed by atoms with Gasteiger partial charge in [-0.15, -0.1) is 0 Å². The fourth-order valence-corrected chi connectivity index (χ4v) is 1.83. The summed E-state index contributed by atoms with van der Waals surface area (Å²) in [6.45, 7) is 5.84. The monoisotopic (exact) mass is 227 g/mol. The van der Waals surface area contributed by atoms with Crippen molar-refractivity contribution in [3.63, 3.8) is 0 Å². The Morgan fingerprint density at radius 2 is 1.81 bits per heavy atom. The van der Waals surface area contributed by atoms with Crippen molar-refractivity contribution in [2.45, 2.75) is 51.5 Å². The van der Waals surface area contributed by atoms with Crippen molar-refractivity contribution in [2.75, 3.05) is 14.1 Å². The molecule has 3 nitrogen and oxygen atoms in total. The minimum Gasteiger partial charge on any atom is -0.478 e. The molecule has 0 amide bonds. The molecule has 0 aromatic heterocycles. The van der Waals surface area contributed by atoms with Crippen LogP contribution in [0.25, 0.3) is 0 Å². The quantitative estimate of drug-likeness (QED) is 0.486. The number of hydrogen-bond acceptors (Lipinski definition) is 2. The highest BCUT2D eigenvalue weighted by molar-refractivity contribution is 5.87. The van der Waals surface area contributed by atoms with E-state index in [9.17, 15) is 4.79 Å². The molecule has 0 rings (SSSR count). The highest BCUT2D eigenvalue weighted by Crippen LogP contribution is 2.15. The Kier molecular flexibility index (Phi) is 7.90. The van der Waals surface area contributed by atoms with Crippen LogP contribution in [0.5, 0.6) is 0 Å². The summed E-state index contributed by atoms with van der Waals surface area (Å²) in [5.74, 6) is -0.882. The average Bonchev–Trinajstić information content (AvgIpc) is 2.21. The molecule has 0 heterocycles. The zero-order chi connectivity index (χ0) is 12.6. The second-order valence-electron chi connectivity index (χ2n) is 4.51. The molecule has 16 heavy (non-hydrogen) atoms. The maximum absolute atomic E-state index is 10.9. The Bertz CT molecular complexity index is 224. The molecule has 0 aliphatic heterocycles. The zero-order valence-corrected chi connectivity index (χ0v) is 10.8. The van der Waals surface area contributed by atoms with Crippen LogP contribution in [0.2, 0.25) is 0 Å². The van der Waals surface area contributed by atoms with Gasteiger partial charge in [-0.05, 0) is 20.5 Å². The van der Waals surface area contributed by atoms with Gasteiger partial charge in [0.2, 0.25) is 0 Å². The first kappa shape index (κ1) is 15.2. The second kappa shape index (κ2) is 8.34. The molecule has 0 radical (unpaired) electrons. The van der Waals surface area contributed by atoms with Crippen LogP contribution >= 0.6 is 0 Å². The fourth-order valence-electron chi connectivity index (χ4n) is 1.83. The van der Waals surface area contributed by atoms with E-state index in [1.807, 2.05) is 19.0 Å². The highest BCUT2D eigenvalue weighted by atomic mass is 16.4. The number of nitrogens with zero attached hydrogens (tertiary/aromatic N) is 1. The van der Waals surface area contributed by atoms with E-state index < -0.39 is 5.97 Å². The molecule has 0 aliphatic carbocycles. The van der Waals surface area contributed by atoms with Crippen LogP contribution in [-0.2, 0) is 4.79 Å². The predicted octanol–water partition coefficient (Wildman–Crippen LogP) is 2.92. The maximum Gasteiger partial charge on any atom is 0.332 e. The lowest BCUT2D eigenvalue weighted by atomic mass is 10.00. The minimum absolute atomic E-state index is 0.0286. The number of rotatable bonds is 9. The van der Waals surface area contributed by atoms with Crippen molar-refractivity contribution in [1.82, 2.24) is 4.90 Å². The van der Waals surface area contributed by atoms with E-state index in [1.54, 1.807) is 0 Å². The summed E-state index contributed by atoms with van der Waals surface area (Å²) in [6.07, 6.45) is 6.91. The third-order valence-corrected chi connectivity index (χ3v) is 2.88. The van der Waals surface area contributed by atoms with Gasteiger partial charge in [0, 0.05) is 11.6 Å². The van der Waals surface area contributed by atoms with Gasteiger partial charge >= 0.3 is 5.97 Å². The Labute approximate surface area is 99.1 Å². The van der Waals surface area contributed by atoms with Crippen LogP contribution < -0.4 is 0 Å². The van der Waals surface area contributed by atoms with E-state index in [0.717, 1.165) is 12.8 Å². The fraction of sp³-hybridized carbons (Fsp3) is 0.769. The summed E-state index contributed by atoms with van der Waals surface area (Å²) in [5, 5.41) is 8.92. The van der Waals surface area contributed by atoms with Gasteiger partial charge in [-0.1, -0.05) is 45.6 Å². The summed E-state index contributed by atoms with van der Waals surface area (Å²) >= 11 is 0. The first-order chi connectivity index (χ1) is 7.50. The molecule has 1 atom stereocenters. The summed E-state index contributed by atoms with van der Waals surface area (Å²) in [4.78, 5) is 12.8. The van der Waals surface area contributed by atoms with Crippen molar-refractivity contribution in [1.29, 1.82) is 0 Å². The van der Waals surface area contributed by atoms with Crippen LogP contribution in [0.3, 0.4) is 0 Å². The van der Waals surface area contributed by atoms with Crippen molar-refractivity contribution in [3.8, 4) is 0 Å². The number of carboxylic acids is 1. The van der Waals surface area contributed by atoms with E-state index in [1.165, 1.54) is 25.7 Å². The van der Waals surface area contributed by atoms with Gasteiger partial charge in [-0.3, -0.25) is 0 Å². The summed E-state index contributed by atoms with van der Waals surface area (Å²) in [5.41, 5.74) is 0.306. The molecule has 1 unspecified atom stereocenters. The molecule has 0 aromatic carbocycles. The molecule has 1 N–H and O–H groups in total. The topological polar surface area (TPSA) is 40.5 Å². The lowest BCUT2D eigenvalue weighted by molar-refractivity contribution is -0.133. The molecule has 94 valence electrons. The summed E-state index contributed by atoms with van der Waals surface area (Å²) in [6, 6.07) is -0.0286. The van der Waals surface area contributed by atoms with Crippen LogP contribution in [0.15, 0.2) is 12.2 Å². The number of carboxylic acid groups (broad SMARTS) is 1. The third kappa shape index (κ3) is 5.91. The predicted molar refractivity (Wildman–Crippen MR) is 67.6 cm³/mol. The van der Waals surface area contributed by atoms with Crippen molar-refractivity contribution in [2.24, 2.45) is 0 Å². The SMILES string of the molecule is C=C(C(=O)O)C(CCCCCCC)N(C)C. The molecule has 0 spiro atoms. The number of likely N-dealkylation sites (N-methyl/N-ethyl adjacent to an activating group) is 1. The molecule has 0 aliphatic rings. The average molecular weight is 227 g/mol. The highest BCUT2D eigenvalue weighted by Gasteiger charge is 2.19. The summed E-state index contributed by atoms with van der Waals surface area (Å²) < 4.78 is 0. The van der Waals surface area contributed by atoms with E-state index in [2.05, 4.69) is 13.5 Å². The Hall–Kier alpha value is -0.830. The third-order valence-electron chi connectivity index (χ3n) is 2.88. The van der Waals surface area contributed by atoms with Crippen LogP contribution in [0.4, 0.5) is 0 Å². The molecule has 0 saturated heterocycles. The first-order valence-electron chi connectivity index (χ1n) is 6.09. The van der Waals surface area contributed by atoms with Crippen molar-refractivity contribution < 1.29 is 9.90 Å². The van der Waals surface area contributed by atoms with Gasteiger partial charge in [0.05, 0.1) is 0 Å². The van der Waals surface area contributed by atoms with E-state index in [-0.39, 0.29) is 6.04 Å². The standard InChI is InChI=1S/C13H25NO2/c1-5-6-7-8-9-10-12(14(3)4)11(2)13(15)16/h12H,2,5-10H2,1,3-4H3,(H,15,16). The van der Waals surface area contributed by atoms with Crippen LogP contribution in [0.1, 0.15) is 45.4 Å². The van der Waals surface area contributed by atoms with Crippen LogP contribution in [-0.4, -0.2) is 36.1 Å².